The summed E-state index contributed by atoms with van der Waals surface area (Å²) in [5.74, 6) is 0.226. The molecule has 0 spiro atoms. The highest BCUT2D eigenvalue weighted by molar-refractivity contribution is 7.90. The number of rotatable bonds is 4. The fraction of sp³-hybridized carbons (Fsp3) is 0.417. The van der Waals surface area contributed by atoms with Crippen molar-refractivity contribution in [3.63, 3.8) is 0 Å². The molecule has 0 radical (unpaired) electrons. The van der Waals surface area contributed by atoms with Gasteiger partial charge in [-0.3, -0.25) is 4.99 Å². The number of hydrogen-bond donors (Lipinski definition) is 2. The normalized spacial score (nSPS) is 12.5. The Bertz CT molecular complexity index is 550. The highest BCUT2D eigenvalue weighted by Gasteiger charge is 2.01. The van der Waals surface area contributed by atoms with Gasteiger partial charge >= 0.3 is 0 Å². The summed E-state index contributed by atoms with van der Waals surface area (Å²) >= 11 is 0. The van der Waals surface area contributed by atoms with Crippen molar-refractivity contribution in [2.45, 2.75) is 13.8 Å². The van der Waals surface area contributed by atoms with Gasteiger partial charge in [-0.05, 0) is 37.1 Å². The van der Waals surface area contributed by atoms with Gasteiger partial charge in [-0.15, -0.1) is 0 Å². The first-order chi connectivity index (χ1) is 8.28. The molecule has 3 N–H and O–H groups in total. The van der Waals surface area contributed by atoms with E-state index in [2.05, 4.69) is 10.3 Å². The second kappa shape index (κ2) is 5.86. The highest BCUT2D eigenvalue weighted by Crippen LogP contribution is 2.13. The molecular weight excluding hydrogens is 250 g/mol. The number of aliphatic imine (C=N–C) groups is 1. The average Bonchev–Trinajstić information content (AvgIpc) is 2.21. The standard InChI is InChI=1S/C12H19N3O2S/c1-9-4-5-11(8-10(9)2)15-12(13)14-6-7-18(3,16)17/h4-5,8H,6-7H2,1-3H3,(H3,13,14,15). The molecule has 18 heavy (non-hydrogen) atoms. The van der Waals surface area contributed by atoms with Crippen LogP contribution in [0, 0.1) is 13.8 Å². The van der Waals surface area contributed by atoms with E-state index in [1.165, 1.54) is 11.8 Å². The zero-order valence-electron chi connectivity index (χ0n) is 10.9. The van der Waals surface area contributed by atoms with Gasteiger partial charge < -0.3 is 11.1 Å². The molecule has 0 aromatic heterocycles. The Morgan fingerprint density at radius 1 is 1.33 bits per heavy atom. The van der Waals surface area contributed by atoms with Gasteiger partial charge in [0.05, 0.1) is 12.3 Å². The van der Waals surface area contributed by atoms with Gasteiger partial charge in [0, 0.05) is 11.9 Å². The molecule has 0 atom stereocenters. The van der Waals surface area contributed by atoms with Crippen LogP contribution in [-0.4, -0.2) is 32.9 Å². The second-order valence-electron chi connectivity index (χ2n) is 4.32. The van der Waals surface area contributed by atoms with Crippen molar-refractivity contribution in [3.8, 4) is 0 Å². The summed E-state index contributed by atoms with van der Waals surface area (Å²) in [6.07, 6.45) is 1.18. The van der Waals surface area contributed by atoms with Crippen LogP contribution in [0.25, 0.3) is 0 Å². The predicted molar refractivity (Wildman–Crippen MR) is 75.7 cm³/mol. The molecule has 0 aliphatic carbocycles. The molecule has 0 amide bonds. The Morgan fingerprint density at radius 2 is 2.00 bits per heavy atom. The fourth-order valence-electron chi connectivity index (χ4n) is 1.34. The molecule has 1 aromatic rings. The predicted octanol–water partition coefficient (Wildman–Crippen LogP) is 1.07. The summed E-state index contributed by atoms with van der Waals surface area (Å²) < 4.78 is 21.8. The topological polar surface area (TPSA) is 84.5 Å². The summed E-state index contributed by atoms with van der Waals surface area (Å²) in [5.41, 5.74) is 8.87. The van der Waals surface area contributed by atoms with E-state index in [0.717, 1.165) is 11.3 Å². The number of hydrogen-bond acceptors (Lipinski definition) is 3. The SMILES string of the molecule is Cc1ccc(NC(N)=NCCS(C)(=O)=O)cc1C. The molecule has 6 heteroatoms. The van der Waals surface area contributed by atoms with Crippen LogP contribution in [0.1, 0.15) is 11.1 Å². The summed E-state index contributed by atoms with van der Waals surface area (Å²) in [6.45, 7) is 4.21. The number of nitrogens with two attached hydrogens (primary N) is 1. The number of guanidine groups is 1. The second-order valence-corrected chi connectivity index (χ2v) is 6.58. The lowest BCUT2D eigenvalue weighted by Crippen LogP contribution is -2.23. The van der Waals surface area contributed by atoms with Gasteiger partial charge in [0.1, 0.15) is 9.84 Å². The Balaban J connectivity index is 2.61. The summed E-state index contributed by atoms with van der Waals surface area (Å²) in [6, 6.07) is 5.86. The van der Waals surface area contributed by atoms with E-state index in [-0.39, 0.29) is 18.3 Å². The number of anilines is 1. The van der Waals surface area contributed by atoms with Crippen LogP contribution in [0.5, 0.6) is 0 Å². The maximum atomic E-state index is 10.9. The van der Waals surface area contributed by atoms with Crippen LogP contribution in [-0.2, 0) is 9.84 Å². The van der Waals surface area contributed by atoms with Crippen LogP contribution in [0.2, 0.25) is 0 Å². The summed E-state index contributed by atoms with van der Waals surface area (Å²) in [5, 5.41) is 2.93. The van der Waals surface area contributed by atoms with Crippen molar-refractivity contribution in [3.05, 3.63) is 29.3 Å². The Labute approximate surface area is 108 Å². The molecule has 0 aliphatic heterocycles. The van der Waals surface area contributed by atoms with Crippen LogP contribution in [0.15, 0.2) is 23.2 Å². The molecule has 0 saturated heterocycles. The minimum atomic E-state index is -3.00. The number of benzene rings is 1. The van der Waals surface area contributed by atoms with Crippen molar-refractivity contribution >= 4 is 21.5 Å². The van der Waals surface area contributed by atoms with Crippen LogP contribution < -0.4 is 11.1 Å². The molecule has 0 heterocycles. The maximum Gasteiger partial charge on any atom is 0.193 e. The third kappa shape index (κ3) is 5.18. The molecule has 0 bridgehead atoms. The lowest BCUT2D eigenvalue weighted by atomic mass is 10.1. The molecule has 1 aromatic carbocycles. The first kappa shape index (κ1) is 14.5. The fourth-order valence-corrected chi connectivity index (χ4v) is 1.76. The highest BCUT2D eigenvalue weighted by atomic mass is 32.2. The van der Waals surface area contributed by atoms with Crippen molar-refractivity contribution < 1.29 is 8.42 Å². The Hall–Kier alpha value is -1.56. The lowest BCUT2D eigenvalue weighted by molar-refractivity contribution is 0.601. The summed E-state index contributed by atoms with van der Waals surface area (Å²) in [7, 11) is -3.00. The number of nitrogens with zero attached hydrogens (tertiary/aromatic N) is 1. The van der Waals surface area contributed by atoms with E-state index in [1.54, 1.807) is 0 Å². The van der Waals surface area contributed by atoms with E-state index in [0.29, 0.717) is 0 Å². The van der Waals surface area contributed by atoms with Gasteiger partial charge in [0.2, 0.25) is 0 Å². The minimum absolute atomic E-state index is 0.00229. The number of nitrogens with one attached hydrogen (secondary N) is 1. The molecular formula is C12H19N3O2S. The largest absolute Gasteiger partial charge is 0.370 e. The molecule has 100 valence electrons. The Kier molecular flexibility index (Phi) is 4.72. The first-order valence-corrected chi connectivity index (χ1v) is 7.66. The summed E-state index contributed by atoms with van der Waals surface area (Å²) in [4.78, 5) is 3.96. The van der Waals surface area contributed by atoms with Gasteiger partial charge in [0.25, 0.3) is 0 Å². The van der Waals surface area contributed by atoms with Gasteiger partial charge in [0.15, 0.2) is 5.96 Å². The van der Waals surface area contributed by atoms with E-state index in [9.17, 15) is 8.42 Å². The minimum Gasteiger partial charge on any atom is -0.370 e. The molecule has 0 aliphatic rings. The monoisotopic (exact) mass is 269 g/mol. The third-order valence-electron chi connectivity index (χ3n) is 2.52. The number of aryl methyl sites for hydroxylation is 2. The average molecular weight is 269 g/mol. The van der Waals surface area contributed by atoms with Crippen LogP contribution >= 0.6 is 0 Å². The van der Waals surface area contributed by atoms with Gasteiger partial charge in [-0.1, -0.05) is 6.07 Å². The molecule has 0 unspecified atom stereocenters. The van der Waals surface area contributed by atoms with Crippen molar-refractivity contribution in [2.24, 2.45) is 10.7 Å². The van der Waals surface area contributed by atoms with Crippen LogP contribution in [0.3, 0.4) is 0 Å². The smallest absolute Gasteiger partial charge is 0.193 e. The van der Waals surface area contributed by atoms with Crippen molar-refractivity contribution in [2.75, 3.05) is 23.9 Å². The van der Waals surface area contributed by atoms with E-state index < -0.39 is 9.84 Å². The van der Waals surface area contributed by atoms with E-state index in [4.69, 9.17) is 5.73 Å². The zero-order chi connectivity index (χ0) is 13.8. The maximum absolute atomic E-state index is 10.9. The van der Waals surface area contributed by atoms with Gasteiger partial charge in [-0.25, -0.2) is 8.42 Å². The molecule has 1 rings (SSSR count). The van der Waals surface area contributed by atoms with E-state index >= 15 is 0 Å². The quantitative estimate of drug-likeness (QED) is 0.632. The van der Waals surface area contributed by atoms with Crippen molar-refractivity contribution in [1.29, 1.82) is 0 Å². The Morgan fingerprint density at radius 3 is 2.56 bits per heavy atom. The van der Waals surface area contributed by atoms with E-state index in [1.807, 2.05) is 32.0 Å². The van der Waals surface area contributed by atoms with Gasteiger partial charge in [-0.2, -0.15) is 0 Å². The lowest BCUT2D eigenvalue weighted by Gasteiger charge is -2.07. The number of sulfone groups is 1. The first-order valence-electron chi connectivity index (χ1n) is 5.60. The third-order valence-corrected chi connectivity index (χ3v) is 3.45. The molecule has 0 saturated carbocycles. The van der Waals surface area contributed by atoms with Crippen LogP contribution in [0.4, 0.5) is 5.69 Å². The van der Waals surface area contributed by atoms with Crippen molar-refractivity contribution in [1.82, 2.24) is 0 Å². The molecule has 5 nitrogen and oxygen atoms in total. The zero-order valence-corrected chi connectivity index (χ0v) is 11.7. The molecule has 0 fully saturated rings.